The Bertz CT molecular complexity index is 839. The molecule has 2 heterocycles. The summed E-state index contributed by atoms with van der Waals surface area (Å²) in [6.07, 6.45) is 2.24. The van der Waals surface area contributed by atoms with E-state index in [1.807, 2.05) is 36.1 Å². The predicted molar refractivity (Wildman–Crippen MR) is 104 cm³/mol. The van der Waals surface area contributed by atoms with Crippen LogP contribution in [0.5, 0.6) is 5.75 Å². The molecule has 0 saturated carbocycles. The highest BCUT2D eigenvalue weighted by molar-refractivity contribution is 5.87. The van der Waals surface area contributed by atoms with Crippen LogP contribution in [0.25, 0.3) is 10.9 Å². The number of hydrogen-bond donors (Lipinski definition) is 1. The van der Waals surface area contributed by atoms with Gasteiger partial charge in [-0.1, -0.05) is 12.1 Å². The molecular formula is C20H26N4O3. The number of hydrogen-bond acceptors (Lipinski definition) is 4. The van der Waals surface area contributed by atoms with Gasteiger partial charge in [-0.2, -0.15) is 0 Å². The minimum absolute atomic E-state index is 0.148. The number of carbonyl (C=O) groups excluding carboxylic acids is 2. The van der Waals surface area contributed by atoms with Crippen molar-refractivity contribution in [1.82, 2.24) is 20.1 Å². The van der Waals surface area contributed by atoms with Gasteiger partial charge in [0.1, 0.15) is 11.3 Å². The number of nitrogens with one attached hydrogen (secondary N) is 1. The number of rotatable bonds is 6. The zero-order chi connectivity index (χ0) is 19.4. The van der Waals surface area contributed by atoms with Crippen LogP contribution in [-0.4, -0.2) is 60.5 Å². The Hall–Kier alpha value is -2.83. The molecule has 1 N–H and O–H groups in total. The Labute approximate surface area is 159 Å². The molecule has 1 aliphatic rings. The van der Waals surface area contributed by atoms with Crippen molar-refractivity contribution >= 4 is 22.8 Å². The van der Waals surface area contributed by atoms with E-state index in [2.05, 4.69) is 10.3 Å². The van der Waals surface area contributed by atoms with Crippen molar-refractivity contribution in [2.75, 3.05) is 33.8 Å². The van der Waals surface area contributed by atoms with E-state index in [-0.39, 0.29) is 17.9 Å². The lowest BCUT2D eigenvalue weighted by molar-refractivity contribution is -0.127. The van der Waals surface area contributed by atoms with Gasteiger partial charge in [0.25, 0.3) is 0 Å². The average Bonchev–Trinajstić information content (AvgIpc) is 3.06. The second-order valence-corrected chi connectivity index (χ2v) is 6.87. The maximum Gasteiger partial charge on any atom is 0.317 e. The van der Waals surface area contributed by atoms with E-state index in [4.69, 9.17) is 4.74 Å². The zero-order valence-electron chi connectivity index (χ0n) is 16.1. The molecule has 1 aliphatic heterocycles. The summed E-state index contributed by atoms with van der Waals surface area (Å²) in [5, 5.41) is 3.92. The fraction of sp³-hybridized carbons (Fsp3) is 0.450. The first-order valence-electron chi connectivity index (χ1n) is 9.20. The van der Waals surface area contributed by atoms with E-state index in [0.29, 0.717) is 31.8 Å². The summed E-state index contributed by atoms with van der Waals surface area (Å²) in [5.74, 6) is 1.07. The van der Waals surface area contributed by atoms with Gasteiger partial charge < -0.3 is 19.9 Å². The minimum Gasteiger partial charge on any atom is -0.494 e. The van der Waals surface area contributed by atoms with Crippen LogP contribution in [0.2, 0.25) is 0 Å². The average molecular weight is 370 g/mol. The van der Waals surface area contributed by atoms with Crippen molar-refractivity contribution in [3.8, 4) is 5.75 Å². The van der Waals surface area contributed by atoms with Gasteiger partial charge in [0.15, 0.2) is 0 Å². The smallest absolute Gasteiger partial charge is 0.317 e. The van der Waals surface area contributed by atoms with Crippen molar-refractivity contribution in [1.29, 1.82) is 0 Å². The molecule has 2 aromatic rings. The van der Waals surface area contributed by atoms with Crippen LogP contribution in [0.4, 0.5) is 4.79 Å². The summed E-state index contributed by atoms with van der Waals surface area (Å²) < 4.78 is 5.37. The van der Waals surface area contributed by atoms with E-state index in [1.165, 1.54) is 0 Å². The van der Waals surface area contributed by atoms with Gasteiger partial charge in [0, 0.05) is 57.1 Å². The van der Waals surface area contributed by atoms with Crippen molar-refractivity contribution in [3.05, 3.63) is 36.0 Å². The molecule has 3 rings (SSSR count). The number of methoxy groups -OCH3 is 1. The highest BCUT2D eigenvalue weighted by Gasteiger charge is 2.28. The van der Waals surface area contributed by atoms with Gasteiger partial charge in [-0.3, -0.25) is 9.78 Å². The van der Waals surface area contributed by atoms with E-state index in [9.17, 15) is 9.59 Å². The number of nitrogens with zero attached hydrogens (tertiary/aromatic N) is 3. The molecule has 1 atom stereocenters. The molecule has 7 heteroatoms. The topological polar surface area (TPSA) is 74.8 Å². The number of urea groups is 1. The Morgan fingerprint density at radius 1 is 1.41 bits per heavy atom. The zero-order valence-corrected chi connectivity index (χ0v) is 16.1. The highest BCUT2D eigenvalue weighted by Crippen LogP contribution is 2.27. The number of carbonyl (C=O) groups is 2. The van der Waals surface area contributed by atoms with Gasteiger partial charge >= 0.3 is 6.03 Å². The van der Waals surface area contributed by atoms with Crippen molar-refractivity contribution in [3.63, 3.8) is 0 Å². The van der Waals surface area contributed by atoms with Crippen LogP contribution in [0.1, 0.15) is 18.9 Å². The van der Waals surface area contributed by atoms with Crippen molar-refractivity contribution in [2.24, 2.45) is 5.92 Å². The van der Waals surface area contributed by atoms with Gasteiger partial charge in [0.2, 0.25) is 5.91 Å². The van der Waals surface area contributed by atoms with Gasteiger partial charge in [-0.15, -0.1) is 0 Å². The lowest BCUT2D eigenvalue weighted by atomic mass is 10.1. The fourth-order valence-electron chi connectivity index (χ4n) is 3.50. The molecule has 0 spiro atoms. The van der Waals surface area contributed by atoms with Crippen molar-refractivity contribution in [2.45, 2.75) is 19.9 Å². The molecule has 27 heavy (non-hydrogen) atoms. The number of fused-ring (bicyclic) bond motifs is 1. The Balaban J connectivity index is 1.62. The molecule has 0 radical (unpaired) electrons. The van der Waals surface area contributed by atoms with Crippen molar-refractivity contribution < 1.29 is 14.3 Å². The lowest BCUT2D eigenvalue weighted by Crippen LogP contribution is -2.39. The minimum atomic E-state index is -0.148. The summed E-state index contributed by atoms with van der Waals surface area (Å²) in [4.78, 5) is 32.1. The van der Waals surface area contributed by atoms with Crippen LogP contribution < -0.4 is 10.1 Å². The van der Waals surface area contributed by atoms with Gasteiger partial charge in [0.05, 0.1) is 7.11 Å². The number of likely N-dealkylation sites (tertiary alicyclic amines) is 1. The first-order valence-corrected chi connectivity index (χ1v) is 9.20. The monoisotopic (exact) mass is 370 g/mol. The van der Waals surface area contributed by atoms with Crippen LogP contribution in [-0.2, 0) is 11.3 Å². The molecule has 0 unspecified atom stereocenters. The summed E-state index contributed by atoms with van der Waals surface area (Å²) in [5.41, 5.74) is 1.79. The standard InChI is InChI=1S/C20H26N4O3/c1-4-24-12-14(10-18(24)25)11-22-20(26)23(2)13-15-7-8-17(27-3)19-16(15)6-5-9-21-19/h5-9,14H,4,10-13H2,1-3H3,(H,22,26)/t14-/m1/s1. The molecular weight excluding hydrogens is 344 g/mol. The number of aromatic nitrogens is 1. The highest BCUT2D eigenvalue weighted by atomic mass is 16.5. The molecule has 1 saturated heterocycles. The molecule has 0 aliphatic carbocycles. The molecule has 1 aromatic carbocycles. The second-order valence-electron chi connectivity index (χ2n) is 6.87. The van der Waals surface area contributed by atoms with E-state index in [1.54, 1.807) is 25.3 Å². The van der Waals surface area contributed by atoms with E-state index < -0.39 is 0 Å². The quantitative estimate of drug-likeness (QED) is 0.846. The maximum atomic E-state index is 12.5. The predicted octanol–water partition coefficient (Wildman–Crippen LogP) is 2.25. The number of benzene rings is 1. The first-order chi connectivity index (χ1) is 13.0. The lowest BCUT2D eigenvalue weighted by Gasteiger charge is -2.21. The normalized spacial score (nSPS) is 16.6. The Kier molecular flexibility index (Phi) is 5.78. The third-order valence-electron chi connectivity index (χ3n) is 5.02. The summed E-state index contributed by atoms with van der Waals surface area (Å²) in [6.45, 7) is 4.38. The van der Waals surface area contributed by atoms with Gasteiger partial charge in [-0.05, 0) is 24.6 Å². The Morgan fingerprint density at radius 2 is 2.22 bits per heavy atom. The third kappa shape index (κ3) is 4.13. The first kappa shape index (κ1) is 18.9. The number of ether oxygens (including phenoxy) is 1. The molecule has 144 valence electrons. The Morgan fingerprint density at radius 3 is 2.93 bits per heavy atom. The summed E-state index contributed by atoms with van der Waals surface area (Å²) >= 11 is 0. The van der Waals surface area contributed by atoms with Crippen LogP contribution >= 0.6 is 0 Å². The molecule has 1 aromatic heterocycles. The van der Waals surface area contributed by atoms with E-state index >= 15 is 0 Å². The summed E-state index contributed by atoms with van der Waals surface area (Å²) in [6, 6.07) is 7.55. The molecule has 3 amide bonds. The fourth-order valence-corrected chi connectivity index (χ4v) is 3.50. The number of amides is 3. The second kappa shape index (κ2) is 8.24. The van der Waals surface area contributed by atoms with Crippen LogP contribution in [0, 0.1) is 5.92 Å². The maximum absolute atomic E-state index is 12.5. The van der Waals surface area contributed by atoms with Gasteiger partial charge in [-0.25, -0.2) is 4.79 Å². The van der Waals surface area contributed by atoms with E-state index in [0.717, 1.165) is 23.0 Å². The SMILES string of the molecule is CCN1C[C@@H](CNC(=O)N(C)Cc2ccc(OC)c3ncccc23)CC1=O. The van der Waals surface area contributed by atoms with Crippen LogP contribution in [0.3, 0.4) is 0 Å². The molecule has 0 bridgehead atoms. The molecule has 7 nitrogen and oxygen atoms in total. The van der Waals surface area contributed by atoms with Crippen LogP contribution in [0.15, 0.2) is 30.5 Å². The number of pyridine rings is 1. The molecule has 1 fully saturated rings. The third-order valence-corrected chi connectivity index (χ3v) is 5.02. The largest absolute Gasteiger partial charge is 0.494 e. The summed E-state index contributed by atoms with van der Waals surface area (Å²) in [7, 11) is 3.38.